The van der Waals surface area contributed by atoms with Crippen LogP contribution in [-0.4, -0.2) is 16.7 Å². The molecule has 0 aliphatic heterocycles. The van der Waals surface area contributed by atoms with Crippen LogP contribution >= 0.6 is 11.8 Å². The van der Waals surface area contributed by atoms with E-state index in [1.807, 2.05) is 31.2 Å². The number of thioether (sulfide) groups is 1. The molecule has 6 heteroatoms. The van der Waals surface area contributed by atoms with Gasteiger partial charge in [0.2, 0.25) is 5.89 Å². The fourth-order valence-electron chi connectivity index (χ4n) is 2.24. The molecule has 0 bridgehead atoms. The molecule has 3 rings (SSSR count). The van der Waals surface area contributed by atoms with Gasteiger partial charge in [-0.05, 0) is 50.5 Å². The van der Waals surface area contributed by atoms with Crippen molar-refractivity contribution in [2.75, 3.05) is 6.61 Å². The van der Waals surface area contributed by atoms with E-state index in [2.05, 4.69) is 10.1 Å². The standard InChI is InChI=1S/C15H19N3O2S/c1-2-19-11-4-6-12(7-5-11)21-10-13-17-14(18-20-13)15(16)8-3-9-15/h4-7H,2-3,8-10,16H2,1H3. The molecule has 1 aromatic heterocycles. The van der Waals surface area contributed by atoms with Crippen LogP contribution in [0.5, 0.6) is 5.75 Å². The lowest BCUT2D eigenvalue weighted by atomic mass is 9.77. The molecule has 0 radical (unpaired) electrons. The minimum Gasteiger partial charge on any atom is -0.494 e. The highest BCUT2D eigenvalue weighted by Gasteiger charge is 2.38. The minimum atomic E-state index is -0.356. The Labute approximate surface area is 128 Å². The van der Waals surface area contributed by atoms with Gasteiger partial charge in [0.25, 0.3) is 0 Å². The fourth-order valence-corrected chi connectivity index (χ4v) is 2.98. The zero-order valence-electron chi connectivity index (χ0n) is 12.0. The number of ether oxygens (including phenoxy) is 1. The molecule has 1 aromatic carbocycles. The van der Waals surface area contributed by atoms with Crippen molar-refractivity contribution in [2.45, 2.75) is 42.4 Å². The maximum absolute atomic E-state index is 6.18. The van der Waals surface area contributed by atoms with Crippen molar-refractivity contribution in [1.82, 2.24) is 10.1 Å². The molecule has 0 amide bonds. The second-order valence-corrected chi connectivity index (χ2v) is 6.26. The van der Waals surface area contributed by atoms with Crippen LogP contribution in [0.2, 0.25) is 0 Å². The molecule has 1 aliphatic carbocycles. The predicted molar refractivity (Wildman–Crippen MR) is 81.2 cm³/mol. The van der Waals surface area contributed by atoms with Gasteiger partial charge >= 0.3 is 0 Å². The van der Waals surface area contributed by atoms with Crippen LogP contribution in [0.3, 0.4) is 0 Å². The lowest BCUT2D eigenvalue weighted by Gasteiger charge is -2.34. The average Bonchev–Trinajstić information content (AvgIpc) is 2.94. The van der Waals surface area contributed by atoms with Crippen LogP contribution in [0.4, 0.5) is 0 Å². The minimum absolute atomic E-state index is 0.356. The molecule has 1 fully saturated rings. The highest BCUT2D eigenvalue weighted by molar-refractivity contribution is 7.98. The van der Waals surface area contributed by atoms with Crippen LogP contribution in [-0.2, 0) is 11.3 Å². The molecule has 21 heavy (non-hydrogen) atoms. The quantitative estimate of drug-likeness (QED) is 0.827. The summed E-state index contributed by atoms with van der Waals surface area (Å²) in [6.45, 7) is 2.65. The van der Waals surface area contributed by atoms with Crippen molar-refractivity contribution < 1.29 is 9.26 Å². The van der Waals surface area contributed by atoms with Crippen LogP contribution in [0, 0.1) is 0 Å². The topological polar surface area (TPSA) is 74.2 Å². The normalized spacial score (nSPS) is 16.5. The van der Waals surface area contributed by atoms with E-state index in [1.165, 1.54) is 0 Å². The number of rotatable bonds is 6. The maximum atomic E-state index is 6.18. The molecular weight excluding hydrogens is 286 g/mol. The van der Waals surface area contributed by atoms with Gasteiger partial charge in [0.15, 0.2) is 5.82 Å². The van der Waals surface area contributed by atoms with Crippen molar-refractivity contribution in [2.24, 2.45) is 5.73 Å². The Morgan fingerprint density at radius 1 is 1.33 bits per heavy atom. The number of nitrogens with zero attached hydrogens (tertiary/aromatic N) is 2. The first kappa shape index (κ1) is 14.4. The van der Waals surface area contributed by atoms with Crippen molar-refractivity contribution in [1.29, 1.82) is 0 Å². The highest BCUT2D eigenvalue weighted by atomic mass is 32.2. The van der Waals surface area contributed by atoms with E-state index in [4.69, 9.17) is 15.0 Å². The van der Waals surface area contributed by atoms with E-state index in [0.717, 1.165) is 29.9 Å². The van der Waals surface area contributed by atoms with E-state index >= 15 is 0 Å². The Kier molecular flexibility index (Phi) is 4.17. The lowest BCUT2D eigenvalue weighted by Crippen LogP contribution is -2.44. The first-order valence-corrected chi connectivity index (χ1v) is 8.16. The molecule has 5 nitrogen and oxygen atoms in total. The Bertz CT molecular complexity index is 593. The van der Waals surface area contributed by atoms with Crippen LogP contribution < -0.4 is 10.5 Å². The van der Waals surface area contributed by atoms with Crippen molar-refractivity contribution in [3.05, 3.63) is 36.0 Å². The summed E-state index contributed by atoms with van der Waals surface area (Å²) < 4.78 is 10.7. The van der Waals surface area contributed by atoms with E-state index in [0.29, 0.717) is 24.1 Å². The molecule has 2 aromatic rings. The first-order chi connectivity index (χ1) is 10.2. The molecule has 0 atom stereocenters. The number of hydrogen-bond donors (Lipinski definition) is 1. The van der Waals surface area contributed by atoms with Crippen molar-refractivity contribution in [3.8, 4) is 5.75 Å². The number of hydrogen-bond acceptors (Lipinski definition) is 6. The van der Waals surface area contributed by atoms with Gasteiger partial charge in [-0.1, -0.05) is 5.16 Å². The summed E-state index contributed by atoms with van der Waals surface area (Å²) in [6.07, 6.45) is 3.03. The van der Waals surface area contributed by atoms with Gasteiger partial charge in [0.05, 0.1) is 17.9 Å². The smallest absolute Gasteiger partial charge is 0.237 e. The second kappa shape index (κ2) is 6.07. The van der Waals surface area contributed by atoms with Gasteiger partial charge in [0, 0.05) is 4.90 Å². The third-order valence-corrected chi connectivity index (χ3v) is 4.65. The second-order valence-electron chi connectivity index (χ2n) is 5.21. The van der Waals surface area contributed by atoms with Crippen molar-refractivity contribution >= 4 is 11.8 Å². The van der Waals surface area contributed by atoms with Gasteiger partial charge in [-0.2, -0.15) is 4.98 Å². The van der Waals surface area contributed by atoms with E-state index in [-0.39, 0.29) is 5.54 Å². The number of benzene rings is 1. The predicted octanol–water partition coefficient (Wildman–Crippen LogP) is 3.10. The fraction of sp³-hybridized carbons (Fsp3) is 0.467. The third kappa shape index (κ3) is 3.22. The van der Waals surface area contributed by atoms with Gasteiger partial charge in [-0.3, -0.25) is 0 Å². The SMILES string of the molecule is CCOc1ccc(SCc2nc(C3(N)CCC3)no2)cc1. The van der Waals surface area contributed by atoms with Crippen LogP contribution in [0.25, 0.3) is 0 Å². The van der Waals surface area contributed by atoms with Gasteiger partial charge in [-0.25, -0.2) is 0 Å². The molecule has 0 spiro atoms. The Hall–Kier alpha value is -1.53. The molecular formula is C15H19N3O2S. The van der Waals surface area contributed by atoms with Crippen LogP contribution in [0.15, 0.2) is 33.7 Å². The number of nitrogens with two attached hydrogens (primary N) is 1. The summed E-state index contributed by atoms with van der Waals surface area (Å²) in [6, 6.07) is 8.00. The summed E-state index contributed by atoms with van der Waals surface area (Å²) in [5.74, 6) is 2.81. The molecule has 2 N–H and O–H groups in total. The van der Waals surface area contributed by atoms with Gasteiger partial charge in [-0.15, -0.1) is 11.8 Å². The van der Waals surface area contributed by atoms with E-state index in [9.17, 15) is 0 Å². The zero-order chi connectivity index (χ0) is 14.7. The number of aromatic nitrogens is 2. The van der Waals surface area contributed by atoms with Gasteiger partial charge < -0.3 is 15.0 Å². The summed E-state index contributed by atoms with van der Waals surface area (Å²) in [4.78, 5) is 5.56. The molecule has 1 aliphatic rings. The molecule has 1 saturated carbocycles. The van der Waals surface area contributed by atoms with E-state index < -0.39 is 0 Å². The van der Waals surface area contributed by atoms with E-state index in [1.54, 1.807) is 11.8 Å². The summed E-state index contributed by atoms with van der Waals surface area (Å²) >= 11 is 1.66. The Balaban J connectivity index is 1.57. The van der Waals surface area contributed by atoms with Crippen molar-refractivity contribution in [3.63, 3.8) is 0 Å². The third-order valence-electron chi connectivity index (χ3n) is 3.66. The monoisotopic (exact) mass is 305 g/mol. The summed E-state index contributed by atoms with van der Waals surface area (Å²) in [7, 11) is 0. The molecule has 0 unspecified atom stereocenters. The Morgan fingerprint density at radius 3 is 2.71 bits per heavy atom. The molecule has 112 valence electrons. The zero-order valence-corrected chi connectivity index (χ0v) is 12.9. The molecule has 0 saturated heterocycles. The summed E-state index contributed by atoms with van der Waals surface area (Å²) in [5.41, 5.74) is 5.83. The summed E-state index contributed by atoms with van der Waals surface area (Å²) in [5, 5.41) is 4.02. The maximum Gasteiger partial charge on any atom is 0.237 e. The lowest BCUT2D eigenvalue weighted by molar-refractivity contribution is 0.229. The largest absolute Gasteiger partial charge is 0.494 e. The first-order valence-electron chi connectivity index (χ1n) is 7.17. The Morgan fingerprint density at radius 2 is 2.10 bits per heavy atom. The van der Waals surface area contributed by atoms with Gasteiger partial charge in [0.1, 0.15) is 5.75 Å². The highest BCUT2D eigenvalue weighted by Crippen LogP contribution is 2.37. The van der Waals surface area contributed by atoms with Crippen LogP contribution in [0.1, 0.15) is 37.9 Å². The average molecular weight is 305 g/mol. The molecule has 1 heterocycles.